The number of nitrogens with one attached hydrogen (secondary N) is 1. The van der Waals surface area contributed by atoms with Crippen molar-refractivity contribution in [2.45, 2.75) is 13.8 Å². The maximum absolute atomic E-state index is 5.68. The average molecular weight is 179 g/mol. The van der Waals surface area contributed by atoms with Crippen LogP contribution < -0.4 is 11.1 Å². The van der Waals surface area contributed by atoms with E-state index in [4.69, 9.17) is 5.73 Å². The van der Waals surface area contributed by atoms with Gasteiger partial charge >= 0.3 is 0 Å². The Morgan fingerprint density at radius 2 is 2.15 bits per heavy atom. The Kier molecular flexibility index (Phi) is 2.79. The van der Waals surface area contributed by atoms with Gasteiger partial charge in [0.15, 0.2) is 11.6 Å². The Bertz CT molecular complexity index is 332. The fraction of sp³-hybridized carbons (Fsp3) is 0.375. The second kappa shape index (κ2) is 3.84. The number of nitrogens with zero attached hydrogens (tertiary/aromatic N) is 3. The molecule has 5 nitrogen and oxygen atoms in total. The van der Waals surface area contributed by atoms with Crippen LogP contribution in [0.15, 0.2) is 4.99 Å². The predicted molar refractivity (Wildman–Crippen MR) is 54.6 cm³/mol. The molecular weight excluding hydrogens is 166 g/mol. The summed E-state index contributed by atoms with van der Waals surface area (Å²) in [5.74, 6) is 1.69. The number of aryl methyl sites for hydroxylation is 1. The molecule has 0 spiro atoms. The van der Waals surface area contributed by atoms with Gasteiger partial charge in [-0.15, -0.1) is 0 Å². The van der Waals surface area contributed by atoms with Gasteiger partial charge in [-0.3, -0.25) is 4.99 Å². The summed E-state index contributed by atoms with van der Waals surface area (Å²) < 4.78 is 0. The molecule has 0 saturated heterocycles. The molecule has 13 heavy (non-hydrogen) atoms. The molecular formula is C8H13N5. The van der Waals surface area contributed by atoms with Gasteiger partial charge in [-0.2, -0.15) is 0 Å². The Morgan fingerprint density at radius 1 is 1.46 bits per heavy atom. The lowest BCUT2D eigenvalue weighted by Gasteiger charge is -2.06. The largest absolute Gasteiger partial charge is 0.382 e. The van der Waals surface area contributed by atoms with E-state index >= 15 is 0 Å². The van der Waals surface area contributed by atoms with Gasteiger partial charge in [0.1, 0.15) is 11.5 Å². The standard InChI is InChI=1S/C8H13N5/c1-4-11-6-7(9)12-5(2)13-8(6)10-3/h4H,1-3H3,(H3,9,10,12,13)/b11-4-. The molecule has 3 N–H and O–H groups in total. The Morgan fingerprint density at radius 3 is 2.69 bits per heavy atom. The molecule has 0 aliphatic carbocycles. The normalized spacial score (nSPS) is 10.7. The first-order valence-electron chi connectivity index (χ1n) is 3.99. The molecule has 0 amide bonds. The van der Waals surface area contributed by atoms with E-state index in [1.807, 2.05) is 6.92 Å². The van der Waals surface area contributed by atoms with E-state index in [9.17, 15) is 0 Å². The van der Waals surface area contributed by atoms with E-state index in [2.05, 4.69) is 20.3 Å². The SMILES string of the molecule is C/C=N\c1c(N)nc(C)nc1NC. The van der Waals surface area contributed by atoms with Crippen LogP contribution in [0.5, 0.6) is 0 Å². The summed E-state index contributed by atoms with van der Waals surface area (Å²) in [6, 6.07) is 0. The lowest BCUT2D eigenvalue weighted by atomic mass is 10.4. The first-order valence-corrected chi connectivity index (χ1v) is 3.99. The number of aromatic nitrogens is 2. The van der Waals surface area contributed by atoms with Crippen LogP contribution in [0, 0.1) is 6.92 Å². The molecule has 70 valence electrons. The van der Waals surface area contributed by atoms with Crippen molar-refractivity contribution < 1.29 is 0 Å². The molecule has 0 aliphatic rings. The average Bonchev–Trinajstić information content (AvgIpc) is 2.09. The van der Waals surface area contributed by atoms with Crippen molar-refractivity contribution in [3.05, 3.63) is 5.82 Å². The topological polar surface area (TPSA) is 76.2 Å². The molecule has 0 unspecified atom stereocenters. The predicted octanol–water partition coefficient (Wildman–Crippen LogP) is 1.13. The number of anilines is 2. The zero-order chi connectivity index (χ0) is 9.84. The molecule has 1 aromatic heterocycles. The van der Waals surface area contributed by atoms with Gasteiger partial charge in [-0.25, -0.2) is 9.97 Å². The minimum absolute atomic E-state index is 0.398. The van der Waals surface area contributed by atoms with Crippen molar-refractivity contribution in [1.29, 1.82) is 0 Å². The highest BCUT2D eigenvalue weighted by molar-refractivity contribution is 5.76. The van der Waals surface area contributed by atoms with Gasteiger partial charge in [0, 0.05) is 13.3 Å². The second-order valence-electron chi connectivity index (χ2n) is 2.49. The molecule has 5 heteroatoms. The smallest absolute Gasteiger partial charge is 0.157 e. The Labute approximate surface area is 77.1 Å². The Balaban J connectivity index is 3.29. The van der Waals surface area contributed by atoms with Crippen LogP contribution in [0.25, 0.3) is 0 Å². The third-order valence-corrected chi connectivity index (χ3v) is 1.52. The van der Waals surface area contributed by atoms with E-state index < -0.39 is 0 Å². The van der Waals surface area contributed by atoms with Crippen molar-refractivity contribution >= 4 is 23.5 Å². The quantitative estimate of drug-likeness (QED) is 0.667. The maximum Gasteiger partial charge on any atom is 0.157 e. The van der Waals surface area contributed by atoms with Gasteiger partial charge in [0.05, 0.1) is 0 Å². The summed E-state index contributed by atoms with van der Waals surface area (Å²) in [5, 5.41) is 2.92. The number of hydrogen-bond acceptors (Lipinski definition) is 5. The van der Waals surface area contributed by atoms with E-state index in [0.717, 1.165) is 0 Å². The van der Waals surface area contributed by atoms with Crippen LogP contribution in [0.1, 0.15) is 12.7 Å². The van der Waals surface area contributed by atoms with Crippen molar-refractivity contribution in [3.63, 3.8) is 0 Å². The van der Waals surface area contributed by atoms with Crippen LogP contribution in [0.4, 0.5) is 17.3 Å². The molecule has 0 fully saturated rings. The van der Waals surface area contributed by atoms with Crippen molar-refractivity contribution in [2.24, 2.45) is 4.99 Å². The number of nitrogens with two attached hydrogens (primary N) is 1. The summed E-state index contributed by atoms with van der Waals surface area (Å²) >= 11 is 0. The molecule has 0 atom stereocenters. The highest BCUT2D eigenvalue weighted by atomic mass is 15.1. The summed E-state index contributed by atoms with van der Waals surface area (Å²) in [4.78, 5) is 12.2. The minimum atomic E-state index is 0.398. The lowest BCUT2D eigenvalue weighted by Crippen LogP contribution is -2.01. The van der Waals surface area contributed by atoms with Crippen molar-refractivity contribution in [2.75, 3.05) is 18.1 Å². The van der Waals surface area contributed by atoms with E-state index in [0.29, 0.717) is 23.1 Å². The van der Waals surface area contributed by atoms with Crippen LogP contribution in [-0.4, -0.2) is 23.2 Å². The van der Waals surface area contributed by atoms with Gasteiger partial charge in [-0.1, -0.05) is 0 Å². The molecule has 0 aromatic carbocycles. The number of nitrogen functional groups attached to an aromatic ring is 1. The molecule has 0 aliphatic heterocycles. The first-order chi connectivity index (χ1) is 6.19. The number of aliphatic imine (C=N–C) groups is 1. The molecule has 0 bridgehead atoms. The monoisotopic (exact) mass is 179 g/mol. The third kappa shape index (κ3) is 1.93. The highest BCUT2D eigenvalue weighted by Gasteiger charge is 2.07. The third-order valence-electron chi connectivity index (χ3n) is 1.52. The van der Waals surface area contributed by atoms with Crippen LogP contribution in [0.3, 0.4) is 0 Å². The molecule has 1 aromatic rings. The van der Waals surface area contributed by atoms with Gasteiger partial charge in [-0.05, 0) is 13.8 Å². The van der Waals surface area contributed by atoms with Gasteiger partial charge < -0.3 is 11.1 Å². The molecule has 1 rings (SSSR count). The minimum Gasteiger partial charge on any atom is -0.382 e. The van der Waals surface area contributed by atoms with Crippen LogP contribution in [0.2, 0.25) is 0 Å². The zero-order valence-electron chi connectivity index (χ0n) is 8.00. The van der Waals surface area contributed by atoms with E-state index in [1.54, 1.807) is 20.2 Å². The molecule has 0 saturated carbocycles. The van der Waals surface area contributed by atoms with Gasteiger partial charge in [0.2, 0.25) is 0 Å². The van der Waals surface area contributed by atoms with Crippen molar-refractivity contribution in [1.82, 2.24) is 9.97 Å². The van der Waals surface area contributed by atoms with Gasteiger partial charge in [0.25, 0.3) is 0 Å². The second-order valence-corrected chi connectivity index (χ2v) is 2.49. The Hall–Kier alpha value is -1.65. The first kappa shape index (κ1) is 9.44. The van der Waals surface area contributed by atoms with Crippen molar-refractivity contribution in [3.8, 4) is 0 Å². The maximum atomic E-state index is 5.68. The van der Waals surface area contributed by atoms with Crippen LogP contribution in [-0.2, 0) is 0 Å². The molecule has 1 heterocycles. The fourth-order valence-electron chi connectivity index (χ4n) is 1.02. The lowest BCUT2D eigenvalue weighted by molar-refractivity contribution is 1.06. The fourth-order valence-corrected chi connectivity index (χ4v) is 1.02. The highest BCUT2D eigenvalue weighted by Crippen LogP contribution is 2.27. The van der Waals surface area contributed by atoms with E-state index in [1.165, 1.54) is 0 Å². The number of rotatable bonds is 2. The molecule has 0 radical (unpaired) electrons. The summed E-state index contributed by atoms with van der Waals surface area (Å²) in [7, 11) is 1.77. The summed E-state index contributed by atoms with van der Waals surface area (Å²) in [5.41, 5.74) is 6.27. The zero-order valence-corrected chi connectivity index (χ0v) is 8.00. The van der Waals surface area contributed by atoms with Crippen LogP contribution >= 0.6 is 0 Å². The summed E-state index contributed by atoms with van der Waals surface area (Å²) in [6.07, 6.45) is 1.66. The number of hydrogen-bond donors (Lipinski definition) is 2. The van der Waals surface area contributed by atoms with E-state index in [-0.39, 0.29) is 0 Å². The summed E-state index contributed by atoms with van der Waals surface area (Å²) in [6.45, 7) is 3.61.